The molecule has 3 heteroatoms. The Hall–Kier alpha value is -0.990. The lowest BCUT2D eigenvalue weighted by Gasteiger charge is -2.09. The minimum Gasteiger partial charge on any atom is -0.261 e. The van der Waals surface area contributed by atoms with Crippen LogP contribution in [-0.4, -0.2) is 10.9 Å². The Balaban J connectivity index is 2.13. The van der Waals surface area contributed by atoms with Crippen molar-refractivity contribution in [2.45, 2.75) is 31.1 Å². The SMILES string of the molecule is FC1(F)CCC(c2ccccn2)C1. The third-order valence-electron chi connectivity index (χ3n) is 2.51. The summed E-state index contributed by atoms with van der Waals surface area (Å²) in [5.74, 6) is -2.52. The van der Waals surface area contributed by atoms with E-state index in [4.69, 9.17) is 0 Å². The van der Waals surface area contributed by atoms with Crippen LogP contribution in [0.5, 0.6) is 0 Å². The van der Waals surface area contributed by atoms with E-state index in [1.165, 1.54) is 0 Å². The Morgan fingerprint density at radius 1 is 1.38 bits per heavy atom. The van der Waals surface area contributed by atoms with Gasteiger partial charge in [-0.3, -0.25) is 4.98 Å². The highest BCUT2D eigenvalue weighted by molar-refractivity contribution is 5.12. The summed E-state index contributed by atoms with van der Waals surface area (Å²) in [6.45, 7) is 0. The number of rotatable bonds is 1. The smallest absolute Gasteiger partial charge is 0.248 e. The van der Waals surface area contributed by atoms with Crippen LogP contribution in [0.2, 0.25) is 0 Å². The predicted octanol–water partition coefficient (Wildman–Crippen LogP) is 2.98. The van der Waals surface area contributed by atoms with Crippen LogP contribution in [-0.2, 0) is 0 Å². The zero-order chi connectivity index (χ0) is 9.31. The first-order valence-corrected chi connectivity index (χ1v) is 4.46. The van der Waals surface area contributed by atoms with Gasteiger partial charge in [-0.2, -0.15) is 0 Å². The molecule has 0 saturated heterocycles. The predicted molar refractivity (Wildman–Crippen MR) is 45.8 cm³/mol. The number of halogens is 2. The summed E-state index contributed by atoms with van der Waals surface area (Å²) >= 11 is 0. The molecule has 70 valence electrons. The van der Waals surface area contributed by atoms with Crippen LogP contribution in [0.1, 0.15) is 30.9 Å². The molecule has 0 N–H and O–H groups in total. The summed E-state index contributed by atoms with van der Waals surface area (Å²) in [7, 11) is 0. The first kappa shape index (κ1) is 8.60. The average Bonchev–Trinajstić information content (AvgIpc) is 2.48. The van der Waals surface area contributed by atoms with Crippen LogP contribution in [0.25, 0.3) is 0 Å². The summed E-state index contributed by atoms with van der Waals surface area (Å²) in [4.78, 5) is 4.09. The maximum absolute atomic E-state index is 12.9. The summed E-state index contributed by atoms with van der Waals surface area (Å²) in [5, 5.41) is 0. The zero-order valence-electron chi connectivity index (χ0n) is 7.21. The molecule has 1 saturated carbocycles. The standard InChI is InChI=1S/C10H11F2N/c11-10(12)5-4-8(7-10)9-3-1-2-6-13-9/h1-3,6,8H,4-5,7H2. The van der Waals surface area contributed by atoms with E-state index in [1.807, 2.05) is 12.1 Å². The van der Waals surface area contributed by atoms with Crippen molar-refractivity contribution in [2.75, 3.05) is 0 Å². The van der Waals surface area contributed by atoms with Crippen molar-refractivity contribution in [3.63, 3.8) is 0 Å². The molecule has 1 heterocycles. The Kier molecular flexibility index (Phi) is 2.02. The number of aromatic nitrogens is 1. The van der Waals surface area contributed by atoms with Crippen LogP contribution in [0.15, 0.2) is 24.4 Å². The Labute approximate surface area is 75.8 Å². The molecular weight excluding hydrogens is 172 g/mol. The van der Waals surface area contributed by atoms with E-state index in [1.54, 1.807) is 12.3 Å². The number of pyridine rings is 1. The maximum atomic E-state index is 12.9. The first-order valence-electron chi connectivity index (χ1n) is 4.46. The Bertz CT molecular complexity index is 284. The van der Waals surface area contributed by atoms with Gasteiger partial charge in [0.25, 0.3) is 0 Å². The van der Waals surface area contributed by atoms with Crippen molar-refractivity contribution in [1.29, 1.82) is 0 Å². The van der Waals surface area contributed by atoms with Crippen molar-refractivity contribution in [3.8, 4) is 0 Å². The third kappa shape index (κ3) is 1.85. The van der Waals surface area contributed by atoms with Crippen molar-refractivity contribution >= 4 is 0 Å². The first-order chi connectivity index (χ1) is 6.17. The molecule has 0 bridgehead atoms. The van der Waals surface area contributed by atoms with E-state index in [2.05, 4.69) is 4.98 Å². The van der Waals surface area contributed by atoms with Crippen LogP contribution < -0.4 is 0 Å². The number of hydrogen-bond acceptors (Lipinski definition) is 1. The van der Waals surface area contributed by atoms with Crippen molar-refractivity contribution in [2.24, 2.45) is 0 Å². The van der Waals surface area contributed by atoms with Gasteiger partial charge in [-0.05, 0) is 18.6 Å². The summed E-state index contributed by atoms with van der Waals surface area (Å²) in [5.41, 5.74) is 0.805. The fraction of sp³-hybridized carbons (Fsp3) is 0.500. The molecule has 1 aliphatic carbocycles. The molecular formula is C10H11F2N. The molecule has 1 fully saturated rings. The van der Waals surface area contributed by atoms with Gasteiger partial charge in [-0.15, -0.1) is 0 Å². The second-order valence-electron chi connectivity index (χ2n) is 3.55. The lowest BCUT2D eigenvalue weighted by Crippen LogP contribution is -2.09. The minimum atomic E-state index is -2.47. The van der Waals surface area contributed by atoms with Crippen LogP contribution >= 0.6 is 0 Å². The van der Waals surface area contributed by atoms with Gasteiger partial charge in [-0.1, -0.05) is 6.07 Å². The third-order valence-corrected chi connectivity index (χ3v) is 2.51. The molecule has 2 rings (SSSR count). The van der Waals surface area contributed by atoms with E-state index in [0.29, 0.717) is 6.42 Å². The zero-order valence-corrected chi connectivity index (χ0v) is 7.21. The molecule has 1 aromatic heterocycles. The molecule has 1 unspecified atom stereocenters. The van der Waals surface area contributed by atoms with E-state index in [9.17, 15) is 8.78 Å². The van der Waals surface area contributed by atoms with Gasteiger partial charge in [0.1, 0.15) is 0 Å². The second-order valence-corrected chi connectivity index (χ2v) is 3.55. The van der Waals surface area contributed by atoms with Crippen LogP contribution in [0, 0.1) is 0 Å². The topological polar surface area (TPSA) is 12.9 Å². The van der Waals surface area contributed by atoms with E-state index >= 15 is 0 Å². The Morgan fingerprint density at radius 2 is 2.23 bits per heavy atom. The highest BCUT2D eigenvalue weighted by Gasteiger charge is 2.40. The molecule has 1 aliphatic rings. The van der Waals surface area contributed by atoms with Gasteiger partial charge in [0.05, 0.1) is 0 Å². The van der Waals surface area contributed by atoms with Crippen LogP contribution in [0.4, 0.5) is 8.78 Å². The number of hydrogen-bond donors (Lipinski definition) is 0. The highest BCUT2D eigenvalue weighted by atomic mass is 19.3. The Morgan fingerprint density at radius 3 is 2.77 bits per heavy atom. The fourth-order valence-corrected chi connectivity index (χ4v) is 1.82. The van der Waals surface area contributed by atoms with Gasteiger partial charge in [-0.25, -0.2) is 8.78 Å². The molecule has 0 amide bonds. The molecule has 0 aromatic carbocycles. The lowest BCUT2D eigenvalue weighted by molar-refractivity contribution is 0.00766. The fourth-order valence-electron chi connectivity index (χ4n) is 1.82. The second kappa shape index (κ2) is 3.05. The molecule has 1 nitrogen and oxygen atoms in total. The largest absolute Gasteiger partial charge is 0.261 e. The summed E-state index contributed by atoms with van der Waals surface area (Å²) in [6.07, 6.45) is 2.19. The van der Waals surface area contributed by atoms with Crippen molar-refractivity contribution in [1.82, 2.24) is 4.98 Å². The van der Waals surface area contributed by atoms with E-state index < -0.39 is 5.92 Å². The van der Waals surface area contributed by atoms with Gasteiger partial charge in [0.2, 0.25) is 5.92 Å². The van der Waals surface area contributed by atoms with E-state index in [0.717, 1.165) is 5.69 Å². The highest BCUT2D eigenvalue weighted by Crippen LogP contribution is 2.43. The monoisotopic (exact) mass is 183 g/mol. The number of nitrogens with zero attached hydrogens (tertiary/aromatic N) is 1. The number of alkyl halides is 2. The van der Waals surface area contributed by atoms with Crippen molar-refractivity contribution < 1.29 is 8.78 Å². The normalized spacial score (nSPS) is 26.2. The van der Waals surface area contributed by atoms with Crippen LogP contribution in [0.3, 0.4) is 0 Å². The average molecular weight is 183 g/mol. The van der Waals surface area contributed by atoms with Gasteiger partial charge >= 0.3 is 0 Å². The van der Waals surface area contributed by atoms with E-state index in [-0.39, 0.29) is 18.8 Å². The quantitative estimate of drug-likeness (QED) is 0.652. The molecule has 13 heavy (non-hydrogen) atoms. The summed E-state index contributed by atoms with van der Waals surface area (Å²) < 4.78 is 25.7. The molecule has 1 atom stereocenters. The molecule has 0 spiro atoms. The van der Waals surface area contributed by atoms with Gasteiger partial charge < -0.3 is 0 Å². The lowest BCUT2D eigenvalue weighted by atomic mass is 10.0. The minimum absolute atomic E-state index is 0.00818. The van der Waals surface area contributed by atoms with Gasteiger partial charge in [0, 0.05) is 30.7 Å². The molecule has 0 radical (unpaired) electrons. The molecule has 1 aromatic rings. The maximum Gasteiger partial charge on any atom is 0.248 e. The molecule has 0 aliphatic heterocycles. The van der Waals surface area contributed by atoms with Gasteiger partial charge in [0.15, 0.2) is 0 Å². The summed E-state index contributed by atoms with van der Waals surface area (Å²) in [6, 6.07) is 5.47. The van der Waals surface area contributed by atoms with Crippen molar-refractivity contribution in [3.05, 3.63) is 30.1 Å².